The van der Waals surface area contributed by atoms with Crippen molar-refractivity contribution in [2.75, 3.05) is 6.61 Å². The molecule has 1 fully saturated rings. The third-order valence-electron chi connectivity index (χ3n) is 7.02. The smallest absolute Gasteiger partial charge is 0.395 e. The maximum atomic E-state index is 14.4. The highest BCUT2D eigenvalue weighted by atomic mass is 32.2. The zero-order valence-corrected chi connectivity index (χ0v) is 27.5. The maximum absolute atomic E-state index is 14.4. The van der Waals surface area contributed by atoms with Crippen molar-refractivity contribution in [2.24, 2.45) is 0 Å². The van der Waals surface area contributed by atoms with E-state index < -0.39 is 54.4 Å². The van der Waals surface area contributed by atoms with Crippen LogP contribution in [0.5, 0.6) is 11.5 Å². The fourth-order valence-electron chi connectivity index (χ4n) is 4.92. The molecule has 47 heavy (non-hydrogen) atoms. The maximum Gasteiger partial charge on any atom is 0.590 e. The Morgan fingerprint density at radius 3 is 1.77 bits per heavy atom. The number of hydrogen-bond acceptors (Lipinski definition) is 10. The summed E-state index contributed by atoms with van der Waals surface area (Å²) in [6.45, 7) is 5.65. The number of benzene rings is 4. The number of rotatable bonds is 16. The zero-order valence-electron chi connectivity index (χ0n) is 25.8. The minimum atomic E-state index is -4.58. The summed E-state index contributed by atoms with van der Waals surface area (Å²) in [5.41, 5.74) is 1.38. The summed E-state index contributed by atoms with van der Waals surface area (Å²) in [6.07, 6.45) is -4.28. The minimum Gasteiger partial charge on any atom is -0.395 e. The molecular weight excluding hydrogens is 643 g/mol. The number of para-hydroxylation sites is 2. The molecule has 10 nitrogen and oxygen atoms in total. The Labute approximate surface area is 275 Å². The average molecular weight is 681 g/mol. The van der Waals surface area contributed by atoms with Gasteiger partial charge in [-0.05, 0) is 42.3 Å². The van der Waals surface area contributed by atoms with Gasteiger partial charge in [-0.15, -0.1) is 6.58 Å². The van der Waals surface area contributed by atoms with Gasteiger partial charge < -0.3 is 23.3 Å². The molecule has 248 valence electrons. The highest BCUT2D eigenvalue weighted by Gasteiger charge is 2.52. The summed E-state index contributed by atoms with van der Waals surface area (Å²) in [7, 11) is -8.88. The van der Waals surface area contributed by atoms with E-state index in [1.54, 1.807) is 97.9 Å². The van der Waals surface area contributed by atoms with Crippen LogP contribution < -0.4 is 9.05 Å². The van der Waals surface area contributed by atoms with Gasteiger partial charge in [0.1, 0.15) is 29.5 Å². The second kappa shape index (κ2) is 16.3. The lowest BCUT2D eigenvalue weighted by molar-refractivity contribution is -0.281. The fraction of sp³-hybridized carbons (Fsp3) is 0.257. The van der Waals surface area contributed by atoms with Crippen molar-refractivity contribution in [3.8, 4) is 11.5 Å². The first kappa shape index (κ1) is 34.5. The van der Waals surface area contributed by atoms with E-state index in [9.17, 15) is 13.0 Å². The Morgan fingerprint density at radius 1 is 0.723 bits per heavy atom. The third kappa shape index (κ3) is 10.1. The van der Waals surface area contributed by atoms with Crippen LogP contribution in [-0.2, 0) is 50.0 Å². The summed E-state index contributed by atoms with van der Waals surface area (Å²) >= 11 is 0. The molecular formula is C35H37O10PS. The van der Waals surface area contributed by atoms with Crippen molar-refractivity contribution in [1.82, 2.24) is 0 Å². The lowest BCUT2D eigenvalue weighted by atomic mass is 9.99. The number of ether oxygens (including phenoxy) is 3. The fourth-order valence-corrected chi connectivity index (χ4v) is 7.43. The van der Waals surface area contributed by atoms with Crippen molar-refractivity contribution in [1.29, 1.82) is 0 Å². The normalized spacial score (nSPS) is 21.5. The van der Waals surface area contributed by atoms with E-state index in [2.05, 4.69) is 6.58 Å². The molecule has 0 spiro atoms. The van der Waals surface area contributed by atoms with Crippen molar-refractivity contribution in [3.05, 3.63) is 145 Å². The van der Waals surface area contributed by atoms with Crippen LogP contribution in [0, 0.1) is 0 Å². The Kier molecular flexibility index (Phi) is 12.0. The monoisotopic (exact) mass is 680 g/mol. The third-order valence-corrected chi connectivity index (χ3v) is 9.55. The topological polar surface area (TPSA) is 116 Å². The molecule has 1 aliphatic heterocycles. The van der Waals surface area contributed by atoms with Crippen LogP contribution >= 0.6 is 7.82 Å². The van der Waals surface area contributed by atoms with Gasteiger partial charge >= 0.3 is 7.82 Å². The van der Waals surface area contributed by atoms with Gasteiger partial charge in [0.15, 0.2) is 6.10 Å². The van der Waals surface area contributed by atoms with Crippen molar-refractivity contribution in [2.45, 2.75) is 50.0 Å². The molecule has 12 heteroatoms. The number of phosphoric ester groups is 1. The van der Waals surface area contributed by atoms with Crippen molar-refractivity contribution >= 4 is 17.9 Å². The average Bonchev–Trinajstić information content (AvgIpc) is 3.06. The van der Waals surface area contributed by atoms with E-state index in [4.69, 9.17) is 32.0 Å². The quantitative estimate of drug-likeness (QED) is 0.0690. The van der Waals surface area contributed by atoms with Crippen LogP contribution in [0.25, 0.3) is 0 Å². The Balaban J connectivity index is 1.50. The number of phosphoric acid groups is 1. The molecule has 0 aromatic heterocycles. The second-order valence-corrected chi connectivity index (χ2v) is 13.7. The molecule has 0 saturated carbocycles. The van der Waals surface area contributed by atoms with Gasteiger partial charge in [-0.1, -0.05) is 103 Å². The van der Waals surface area contributed by atoms with Gasteiger partial charge in [-0.2, -0.15) is 8.42 Å². The van der Waals surface area contributed by atoms with Crippen LogP contribution in [0.1, 0.15) is 18.1 Å². The lowest BCUT2D eigenvalue weighted by Gasteiger charge is -2.44. The summed E-state index contributed by atoms with van der Waals surface area (Å²) < 4.78 is 83.6. The van der Waals surface area contributed by atoms with Crippen LogP contribution in [0.15, 0.2) is 134 Å². The van der Waals surface area contributed by atoms with Gasteiger partial charge in [0.05, 0.1) is 19.3 Å². The first-order valence-corrected chi connectivity index (χ1v) is 18.0. The van der Waals surface area contributed by atoms with Gasteiger partial charge in [-0.25, -0.2) is 9.09 Å². The van der Waals surface area contributed by atoms with Crippen LogP contribution in [0.3, 0.4) is 0 Å². The molecule has 0 aliphatic carbocycles. The first-order valence-electron chi connectivity index (χ1n) is 15.0. The first-order chi connectivity index (χ1) is 22.7. The van der Waals surface area contributed by atoms with E-state index in [-0.39, 0.29) is 24.7 Å². The molecule has 4 aromatic rings. The van der Waals surface area contributed by atoms with E-state index in [1.165, 1.54) is 6.08 Å². The molecule has 0 amide bonds. The summed E-state index contributed by atoms with van der Waals surface area (Å²) in [6, 6.07) is 34.6. The molecule has 1 aliphatic rings. The zero-order chi connectivity index (χ0) is 33.1. The summed E-state index contributed by atoms with van der Waals surface area (Å²) in [4.78, 5) is 0. The molecule has 1 unspecified atom stereocenters. The second-order valence-electron chi connectivity index (χ2n) is 10.7. The van der Waals surface area contributed by atoms with Crippen molar-refractivity contribution in [3.63, 3.8) is 0 Å². The molecule has 4 aromatic carbocycles. The van der Waals surface area contributed by atoms with Crippen molar-refractivity contribution < 1.29 is 44.9 Å². The van der Waals surface area contributed by atoms with E-state index in [0.717, 1.165) is 5.56 Å². The Hall–Kier alpha value is -3.80. The predicted molar refractivity (Wildman–Crippen MR) is 176 cm³/mol. The minimum absolute atomic E-state index is 0.0204. The SMILES string of the molecule is C=CCO[C@H]1[C@H](OCc2ccccc2)[C@@H](C)OC(OP(=O)(Oc2ccccc2)Oc2ccccc2)[C@H]1OS(=O)(=O)Cc1ccccc1. The lowest BCUT2D eigenvalue weighted by Crippen LogP contribution is -2.60. The van der Waals surface area contributed by atoms with E-state index >= 15 is 0 Å². The van der Waals surface area contributed by atoms with Crippen LogP contribution in [0.2, 0.25) is 0 Å². The van der Waals surface area contributed by atoms with Gasteiger partial charge in [-0.3, -0.25) is 4.18 Å². The highest BCUT2D eigenvalue weighted by Crippen LogP contribution is 2.52. The van der Waals surface area contributed by atoms with Gasteiger partial charge in [0.2, 0.25) is 6.29 Å². The molecule has 5 rings (SSSR count). The van der Waals surface area contributed by atoms with E-state index in [0.29, 0.717) is 5.56 Å². The van der Waals surface area contributed by atoms with Crippen LogP contribution in [-0.4, -0.2) is 45.7 Å². The van der Waals surface area contributed by atoms with Gasteiger partial charge in [0, 0.05) is 0 Å². The Morgan fingerprint density at radius 2 is 1.23 bits per heavy atom. The molecule has 5 atom stereocenters. The molecule has 0 radical (unpaired) electrons. The molecule has 0 N–H and O–H groups in total. The van der Waals surface area contributed by atoms with Crippen LogP contribution in [0.4, 0.5) is 0 Å². The summed E-state index contributed by atoms with van der Waals surface area (Å²) in [5, 5.41) is 0. The predicted octanol–water partition coefficient (Wildman–Crippen LogP) is 7.09. The Bertz CT molecular complexity index is 1650. The van der Waals surface area contributed by atoms with Gasteiger partial charge in [0.25, 0.3) is 10.1 Å². The molecule has 1 saturated heterocycles. The standard InChI is InChI=1S/C35H37O10PS/c1-3-24-39-33-32(40-25-28-16-8-4-9-17-28)27(2)41-35(34(33)45-47(37,38)26-29-18-10-5-11-19-29)44-46(36,42-30-20-12-6-13-21-30)43-31-22-14-7-15-23-31/h3-23,27,32-35H,1,24-26H2,2H3/t27-,32-,33+,34+,35?/m1/s1. The molecule has 1 heterocycles. The molecule has 0 bridgehead atoms. The summed E-state index contributed by atoms with van der Waals surface area (Å²) in [5.74, 6) is -0.0729. The largest absolute Gasteiger partial charge is 0.590 e. The highest BCUT2D eigenvalue weighted by molar-refractivity contribution is 7.85. The van der Waals surface area contributed by atoms with E-state index in [1.807, 2.05) is 30.3 Å². The number of hydrogen-bond donors (Lipinski definition) is 0.